The largest absolute Gasteiger partial charge is 0.493 e. The van der Waals surface area contributed by atoms with E-state index in [2.05, 4.69) is 26.5 Å². The minimum Gasteiger partial charge on any atom is -0.493 e. The molecule has 0 atom stereocenters. The van der Waals surface area contributed by atoms with Crippen LogP contribution in [0.1, 0.15) is 12.5 Å². The predicted molar refractivity (Wildman–Crippen MR) is 82.9 cm³/mol. The summed E-state index contributed by atoms with van der Waals surface area (Å²) in [5.74, 6) is 0.533. The summed E-state index contributed by atoms with van der Waals surface area (Å²) in [5, 5.41) is 4.10. The van der Waals surface area contributed by atoms with E-state index in [9.17, 15) is 4.39 Å². The molecule has 20 heavy (non-hydrogen) atoms. The van der Waals surface area contributed by atoms with E-state index in [4.69, 9.17) is 4.74 Å². The van der Waals surface area contributed by atoms with Gasteiger partial charge < -0.3 is 4.74 Å². The summed E-state index contributed by atoms with van der Waals surface area (Å²) in [7, 11) is 0. The van der Waals surface area contributed by atoms with Crippen LogP contribution in [0.3, 0.4) is 0 Å². The van der Waals surface area contributed by atoms with Crippen molar-refractivity contribution in [2.24, 2.45) is 5.10 Å². The highest BCUT2D eigenvalue weighted by atomic mass is 79.9. The molecule has 0 bridgehead atoms. The molecule has 0 radical (unpaired) electrons. The molecule has 0 unspecified atom stereocenters. The molecule has 0 saturated carbocycles. The second-order valence-electron chi connectivity index (χ2n) is 4.00. The number of benzene rings is 2. The van der Waals surface area contributed by atoms with Crippen molar-refractivity contribution in [2.75, 3.05) is 12.0 Å². The van der Waals surface area contributed by atoms with Gasteiger partial charge in [-0.15, -0.1) is 0 Å². The molecule has 0 aliphatic heterocycles. The molecule has 2 rings (SSSR count). The molecule has 0 fully saturated rings. The van der Waals surface area contributed by atoms with Gasteiger partial charge >= 0.3 is 0 Å². The summed E-state index contributed by atoms with van der Waals surface area (Å²) >= 11 is 3.44. The van der Waals surface area contributed by atoms with Crippen LogP contribution in [-0.4, -0.2) is 12.8 Å². The van der Waals surface area contributed by atoms with Crippen molar-refractivity contribution in [1.29, 1.82) is 0 Å². The van der Waals surface area contributed by atoms with Crippen LogP contribution in [0.4, 0.5) is 10.1 Å². The van der Waals surface area contributed by atoms with E-state index in [1.54, 1.807) is 18.3 Å². The van der Waals surface area contributed by atoms with Crippen LogP contribution in [0.25, 0.3) is 0 Å². The molecule has 0 amide bonds. The van der Waals surface area contributed by atoms with Gasteiger partial charge in [-0.25, -0.2) is 4.39 Å². The van der Waals surface area contributed by atoms with E-state index in [1.807, 2.05) is 25.1 Å². The SMILES string of the molecule is CCOc1ccc(/C=N/Nc2ccc(F)cc2)cc1Br. The lowest BCUT2D eigenvalue weighted by molar-refractivity contribution is 0.338. The molecule has 0 saturated heterocycles. The van der Waals surface area contributed by atoms with Crippen molar-refractivity contribution >= 4 is 27.8 Å². The Morgan fingerprint density at radius 1 is 1.25 bits per heavy atom. The van der Waals surface area contributed by atoms with E-state index in [-0.39, 0.29) is 5.82 Å². The van der Waals surface area contributed by atoms with Crippen LogP contribution in [0.2, 0.25) is 0 Å². The van der Waals surface area contributed by atoms with E-state index >= 15 is 0 Å². The minimum atomic E-state index is -0.269. The van der Waals surface area contributed by atoms with Crippen molar-refractivity contribution in [2.45, 2.75) is 6.92 Å². The minimum absolute atomic E-state index is 0.269. The van der Waals surface area contributed by atoms with Crippen molar-refractivity contribution in [3.63, 3.8) is 0 Å². The Balaban J connectivity index is 2.00. The third-order valence-electron chi connectivity index (χ3n) is 2.51. The first-order chi connectivity index (χ1) is 9.69. The molecular weight excluding hydrogens is 323 g/mol. The third kappa shape index (κ3) is 4.06. The van der Waals surface area contributed by atoms with Gasteiger partial charge in [0.25, 0.3) is 0 Å². The molecule has 104 valence electrons. The number of nitrogens with zero attached hydrogens (tertiary/aromatic N) is 1. The van der Waals surface area contributed by atoms with Gasteiger partial charge in [0.05, 0.1) is 23.0 Å². The number of anilines is 1. The Labute approximate surface area is 125 Å². The van der Waals surface area contributed by atoms with Gasteiger partial charge in [0.15, 0.2) is 0 Å². The number of halogens is 2. The van der Waals surface area contributed by atoms with Gasteiger partial charge in [-0.2, -0.15) is 5.10 Å². The summed E-state index contributed by atoms with van der Waals surface area (Å²) in [4.78, 5) is 0. The van der Waals surface area contributed by atoms with Crippen molar-refractivity contribution in [1.82, 2.24) is 0 Å². The summed E-state index contributed by atoms with van der Waals surface area (Å²) in [5.41, 5.74) is 4.49. The van der Waals surface area contributed by atoms with Crippen LogP contribution in [0, 0.1) is 5.82 Å². The standard InChI is InChI=1S/C15H14BrFN2O/c1-2-20-15-8-3-11(9-14(15)16)10-18-19-13-6-4-12(17)5-7-13/h3-10,19H,2H2,1H3/b18-10+. The molecular formula is C15H14BrFN2O. The van der Waals surface area contributed by atoms with E-state index in [0.29, 0.717) is 6.61 Å². The Kier molecular flexibility index (Phi) is 5.12. The van der Waals surface area contributed by atoms with E-state index in [1.165, 1.54) is 12.1 Å². The zero-order chi connectivity index (χ0) is 14.4. The Morgan fingerprint density at radius 2 is 2.00 bits per heavy atom. The Hall–Kier alpha value is -1.88. The molecule has 0 aliphatic carbocycles. The van der Waals surface area contributed by atoms with Crippen LogP contribution in [0.5, 0.6) is 5.75 Å². The second kappa shape index (κ2) is 7.05. The van der Waals surface area contributed by atoms with Crippen molar-refractivity contribution in [3.8, 4) is 5.75 Å². The number of hydrazone groups is 1. The Bertz CT molecular complexity index is 599. The average Bonchev–Trinajstić information content (AvgIpc) is 2.44. The van der Waals surface area contributed by atoms with Crippen LogP contribution in [0.15, 0.2) is 52.0 Å². The fourth-order valence-corrected chi connectivity index (χ4v) is 2.09. The molecule has 0 spiro atoms. The Morgan fingerprint density at radius 3 is 2.65 bits per heavy atom. The van der Waals surface area contributed by atoms with Crippen LogP contribution in [-0.2, 0) is 0 Å². The molecule has 2 aromatic carbocycles. The maximum atomic E-state index is 12.7. The molecule has 3 nitrogen and oxygen atoms in total. The lowest BCUT2D eigenvalue weighted by Crippen LogP contribution is -1.94. The highest BCUT2D eigenvalue weighted by molar-refractivity contribution is 9.10. The first-order valence-electron chi connectivity index (χ1n) is 6.16. The predicted octanol–water partition coefficient (Wildman–Crippen LogP) is 4.43. The first-order valence-corrected chi connectivity index (χ1v) is 6.95. The summed E-state index contributed by atoms with van der Waals surface area (Å²) in [6.45, 7) is 2.56. The quantitative estimate of drug-likeness (QED) is 0.647. The zero-order valence-corrected chi connectivity index (χ0v) is 12.5. The molecule has 0 aliphatic rings. The van der Waals surface area contributed by atoms with Gasteiger partial charge in [-0.1, -0.05) is 0 Å². The number of ether oxygens (including phenoxy) is 1. The molecule has 0 aromatic heterocycles. The van der Waals surface area contributed by atoms with Gasteiger partial charge in [-0.3, -0.25) is 5.43 Å². The van der Waals surface area contributed by atoms with Crippen LogP contribution >= 0.6 is 15.9 Å². The van der Waals surface area contributed by atoms with Crippen molar-refractivity contribution < 1.29 is 9.13 Å². The number of hydrogen-bond acceptors (Lipinski definition) is 3. The van der Waals surface area contributed by atoms with Gasteiger partial charge in [0.2, 0.25) is 0 Å². The number of nitrogens with one attached hydrogen (secondary N) is 1. The van der Waals surface area contributed by atoms with Crippen LogP contribution < -0.4 is 10.2 Å². The number of rotatable bonds is 5. The second-order valence-corrected chi connectivity index (χ2v) is 4.85. The van der Waals surface area contributed by atoms with Gasteiger partial charge in [-0.05, 0) is 70.9 Å². The maximum absolute atomic E-state index is 12.7. The highest BCUT2D eigenvalue weighted by Crippen LogP contribution is 2.25. The molecule has 2 aromatic rings. The maximum Gasteiger partial charge on any atom is 0.133 e. The average molecular weight is 337 g/mol. The summed E-state index contributed by atoms with van der Waals surface area (Å²) in [6, 6.07) is 11.7. The summed E-state index contributed by atoms with van der Waals surface area (Å²) in [6.07, 6.45) is 1.68. The smallest absolute Gasteiger partial charge is 0.133 e. The molecule has 1 N–H and O–H groups in total. The topological polar surface area (TPSA) is 33.6 Å². The third-order valence-corrected chi connectivity index (χ3v) is 3.13. The zero-order valence-electron chi connectivity index (χ0n) is 10.9. The van der Waals surface area contributed by atoms with Gasteiger partial charge in [0.1, 0.15) is 11.6 Å². The summed E-state index contributed by atoms with van der Waals surface area (Å²) < 4.78 is 19.0. The lowest BCUT2D eigenvalue weighted by atomic mass is 10.2. The fourth-order valence-electron chi connectivity index (χ4n) is 1.58. The number of hydrogen-bond donors (Lipinski definition) is 1. The molecule has 5 heteroatoms. The molecule has 0 heterocycles. The fraction of sp³-hybridized carbons (Fsp3) is 0.133. The van der Waals surface area contributed by atoms with Crippen molar-refractivity contribution in [3.05, 3.63) is 58.3 Å². The van der Waals surface area contributed by atoms with Gasteiger partial charge in [0, 0.05) is 0 Å². The van der Waals surface area contributed by atoms with E-state index < -0.39 is 0 Å². The lowest BCUT2D eigenvalue weighted by Gasteiger charge is -2.05. The van der Waals surface area contributed by atoms with E-state index in [0.717, 1.165) is 21.5 Å². The normalized spacial score (nSPS) is 10.8. The first kappa shape index (κ1) is 14.5. The monoisotopic (exact) mass is 336 g/mol. The highest BCUT2D eigenvalue weighted by Gasteiger charge is 2.00.